The van der Waals surface area contributed by atoms with E-state index in [0.717, 1.165) is 18.1 Å². The third-order valence-corrected chi connectivity index (χ3v) is 10.6. The molecular weight excluding hydrogens is 1130 g/mol. The number of nitrogens with one attached hydrogen (secondary N) is 1. The largest absolute Gasteiger partial charge is 0.493 e. The lowest BCUT2D eigenvalue weighted by Crippen LogP contribution is -2.18. The van der Waals surface area contributed by atoms with E-state index in [1.165, 1.54) is 110 Å². The molecular formula is C52H42ClF9N10O10. The first-order valence-electron chi connectivity index (χ1n) is 22.6. The summed E-state index contributed by atoms with van der Waals surface area (Å²) < 4.78 is 147. The zero-order valence-electron chi connectivity index (χ0n) is 43.1. The number of methoxy groups -OCH3 is 6. The fraction of sp³-hybridized carbons (Fsp3) is 0.173. The van der Waals surface area contributed by atoms with Crippen molar-refractivity contribution in [3.8, 4) is 68.3 Å². The number of hydrogen-bond acceptors (Lipinski definition) is 18. The van der Waals surface area contributed by atoms with Crippen molar-refractivity contribution in [1.29, 1.82) is 0 Å². The molecule has 0 unspecified atom stereocenters. The van der Waals surface area contributed by atoms with E-state index in [2.05, 4.69) is 45.2 Å². The number of benzene rings is 3. The van der Waals surface area contributed by atoms with E-state index in [1.807, 2.05) is 0 Å². The van der Waals surface area contributed by atoms with Crippen LogP contribution in [0.5, 0.6) is 34.5 Å². The Morgan fingerprint density at radius 3 is 1.10 bits per heavy atom. The lowest BCUT2D eigenvalue weighted by atomic mass is 10.1. The Hall–Kier alpha value is -9.93. The number of nitrogens with two attached hydrogens (primary N) is 1. The monoisotopic (exact) mass is 1170 g/mol. The minimum absolute atomic E-state index is 0.132. The second-order valence-electron chi connectivity index (χ2n) is 15.6. The number of halogens is 10. The molecule has 3 aromatic carbocycles. The molecule has 0 fully saturated rings. The first kappa shape index (κ1) is 62.9. The normalized spacial score (nSPS) is 10.9. The van der Waals surface area contributed by atoms with Gasteiger partial charge in [0.1, 0.15) is 5.56 Å². The van der Waals surface area contributed by atoms with E-state index < -0.39 is 58.7 Å². The molecule has 5 aromatic heterocycles. The van der Waals surface area contributed by atoms with Crippen LogP contribution in [0.4, 0.5) is 50.9 Å². The van der Waals surface area contributed by atoms with Crippen molar-refractivity contribution in [2.75, 3.05) is 53.7 Å². The summed E-state index contributed by atoms with van der Waals surface area (Å²) in [5, 5.41) is 10.7. The van der Waals surface area contributed by atoms with Crippen molar-refractivity contribution in [2.45, 2.75) is 18.5 Å². The van der Waals surface area contributed by atoms with E-state index in [0.29, 0.717) is 29.1 Å². The summed E-state index contributed by atoms with van der Waals surface area (Å²) in [6.45, 7) is 0. The Labute approximate surface area is 463 Å². The first-order chi connectivity index (χ1) is 38.8. The maximum Gasteiger partial charge on any atom is 0.451 e. The molecule has 0 spiro atoms. The van der Waals surface area contributed by atoms with E-state index >= 15 is 0 Å². The van der Waals surface area contributed by atoms with Gasteiger partial charge in [0, 0.05) is 71.4 Å². The van der Waals surface area contributed by atoms with E-state index in [9.17, 15) is 53.9 Å². The molecule has 5 heterocycles. The highest BCUT2D eigenvalue weighted by Gasteiger charge is 2.38. The summed E-state index contributed by atoms with van der Waals surface area (Å²) in [6.07, 6.45) is -5.83. The highest BCUT2D eigenvalue weighted by atomic mass is 35.5. The Balaban J connectivity index is 0.000000214. The van der Waals surface area contributed by atoms with Crippen molar-refractivity contribution < 1.29 is 87.4 Å². The number of carboxylic acids is 1. The van der Waals surface area contributed by atoms with Gasteiger partial charge in [0.25, 0.3) is 11.1 Å². The number of hydrogen-bond donors (Lipinski definition) is 3. The van der Waals surface area contributed by atoms with Gasteiger partial charge in [0.2, 0.25) is 17.5 Å². The molecule has 0 saturated heterocycles. The second-order valence-corrected chi connectivity index (χ2v) is 16.0. The Morgan fingerprint density at radius 2 is 0.793 bits per heavy atom. The molecule has 82 heavy (non-hydrogen) atoms. The molecule has 30 heteroatoms. The molecule has 0 radical (unpaired) electrons. The minimum Gasteiger partial charge on any atom is -0.493 e. The predicted molar refractivity (Wildman–Crippen MR) is 275 cm³/mol. The van der Waals surface area contributed by atoms with Gasteiger partial charge in [-0.2, -0.15) is 39.5 Å². The van der Waals surface area contributed by atoms with Crippen molar-refractivity contribution in [2.24, 2.45) is 0 Å². The summed E-state index contributed by atoms with van der Waals surface area (Å²) in [5.74, 6) is -4.39. The van der Waals surface area contributed by atoms with Crippen LogP contribution in [0.3, 0.4) is 0 Å². The van der Waals surface area contributed by atoms with Gasteiger partial charge in [-0.25, -0.2) is 34.7 Å². The summed E-state index contributed by atoms with van der Waals surface area (Å²) >= 11 is 5.40. The molecule has 0 saturated carbocycles. The topological polar surface area (TPSA) is 268 Å². The number of aromatic carboxylic acids is 1. The molecule has 0 bridgehead atoms. The SMILES string of the molecule is COc1ccc(-c2nc(C(F)(F)F)ncc2C(=O)Cl)cc1OC.COc1ccc(-c2nc(C(F)(F)F)ncc2C(=O)Nc2ccncc2)cc1OC.COc1ccc(-c2nc(C(F)(F)F)ncc2C(=O)O)cc1OC.Nc1ccncc1. The Morgan fingerprint density at radius 1 is 0.476 bits per heavy atom. The van der Waals surface area contributed by atoms with Gasteiger partial charge >= 0.3 is 24.5 Å². The average molecular weight is 1170 g/mol. The Kier molecular flexibility index (Phi) is 21.3. The number of carbonyl (C=O) groups excluding carboxylic acids is 2. The molecule has 8 aromatic rings. The van der Waals surface area contributed by atoms with Crippen LogP contribution in [-0.2, 0) is 18.5 Å². The minimum atomic E-state index is -4.79. The molecule has 20 nitrogen and oxygen atoms in total. The molecule has 430 valence electrons. The van der Waals surface area contributed by atoms with Crippen LogP contribution in [-0.4, -0.2) is 105 Å². The quantitative estimate of drug-likeness (QED) is 0.0715. The van der Waals surface area contributed by atoms with Crippen LogP contribution in [0.15, 0.2) is 122 Å². The van der Waals surface area contributed by atoms with E-state index in [4.69, 9.17) is 50.9 Å². The first-order valence-corrected chi connectivity index (χ1v) is 23.0. The number of carboxylic acid groups (broad SMARTS) is 1. The molecule has 0 aliphatic carbocycles. The number of rotatable bonds is 13. The van der Waals surface area contributed by atoms with E-state index in [-0.39, 0.29) is 62.1 Å². The van der Waals surface area contributed by atoms with Gasteiger partial charge in [-0.1, -0.05) is 0 Å². The van der Waals surface area contributed by atoms with Gasteiger partial charge in [0.15, 0.2) is 34.5 Å². The highest BCUT2D eigenvalue weighted by molar-refractivity contribution is 6.68. The smallest absolute Gasteiger partial charge is 0.451 e. The van der Waals surface area contributed by atoms with Gasteiger partial charge in [-0.05, 0) is 90.5 Å². The second kappa shape index (κ2) is 27.8. The zero-order valence-corrected chi connectivity index (χ0v) is 43.9. The van der Waals surface area contributed by atoms with Gasteiger partial charge in [-0.3, -0.25) is 19.6 Å². The number of nitrogen functional groups attached to an aromatic ring is 1. The molecule has 1 amide bonds. The van der Waals surface area contributed by atoms with Crippen molar-refractivity contribution in [3.05, 3.63) is 156 Å². The Bertz CT molecular complexity index is 3390. The third kappa shape index (κ3) is 16.6. The number of alkyl halides is 9. The molecule has 0 aliphatic rings. The maximum absolute atomic E-state index is 13.2. The van der Waals surface area contributed by atoms with Crippen LogP contribution >= 0.6 is 11.6 Å². The lowest BCUT2D eigenvalue weighted by molar-refractivity contribution is -0.145. The lowest BCUT2D eigenvalue weighted by Gasteiger charge is -2.14. The van der Waals surface area contributed by atoms with Crippen LogP contribution in [0.1, 0.15) is 48.5 Å². The zero-order chi connectivity index (χ0) is 60.5. The number of nitrogens with zero attached hydrogens (tertiary/aromatic N) is 8. The van der Waals surface area contributed by atoms with E-state index in [1.54, 1.807) is 36.7 Å². The van der Waals surface area contributed by atoms with Gasteiger partial charge in [0.05, 0.1) is 70.9 Å². The number of pyridine rings is 2. The number of anilines is 2. The summed E-state index contributed by atoms with van der Waals surface area (Å²) in [6, 6.07) is 19.5. The predicted octanol–water partition coefficient (Wildman–Crippen LogP) is 10.9. The van der Waals surface area contributed by atoms with Crippen molar-refractivity contribution in [3.63, 3.8) is 0 Å². The molecule has 0 atom stereocenters. The average Bonchev–Trinajstić information content (AvgIpc) is 3.67. The summed E-state index contributed by atoms with van der Waals surface area (Å²) in [5.41, 5.74) is 5.44. The van der Waals surface area contributed by atoms with Crippen molar-refractivity contribution in [1.82, 2.24) is 39.9 Å². The molecule has 8 rings (SSSR count). The van der Waals surface area contributed by atoms with Crippen LogP contribution in [0.25, 0.3) is 33.8 Å². The molecule has 0 aliphatic heterocycles. The van der Waals surface area contributed by atoms with Crippen LogP contribution in [0, 0.1) is 0 Å². The fourth-order valence-electron chi connectivity index (χ4n) is 6.63. The number of amides is 1. The van der Waals surface area contributed by atoms with Crippen LogP contribution in [0.2, 0.25) is 0 Å². The standard InChI is InChI=1S/C19H15F3N4O3.C14H10ClF3N2O3.C14H11F3N2O4.C5H6N2/c1-28-14-4-3-11(9-15(14)29-2)16-13(10-24-18(26-16)19(20,21)22)17(27)25-12-5-7-23-8-6-12;1-22-9-4-3-7(5-10(9)23-2)11-8(12(15)21)6-19-13(20-11)14(16,17)18;1-22-9-4-3-7(5-10(9)23-2)11-8(12(20)21)6-18-13(19-11)14(15,16)17;6-5-1-3-7-4-2-5/h3-10H,1-2H3,(H,23,25,27);3-6H,1-2H3;3-6H,1-2H3,(H,20,21);1-4H,(H2,6,7). The van der Waals surface area contributed by atoms with Crippen LogP contribution < -0.4 is 39.5 Å². The fourth-order valence-corrected chi connectivity index (χ4v) is 6.77. The third-order valence-electron chi connectivity index (χ3n) is 10.4. The van der Waals surface area contributed by atoms with Crippen molar-refractivity contribution >= 4 is 40.1 Å². The molecule has 4 N–H and O–H groups in total. The van der Waals surface area contributed by atoms with Gasteiger partial charge < -0.3 is 44.6 Å². The van der Waals surface area contributed by atoms with Gasteiger partial charge in [-0.15, -0.1) is 0 Å². The summed E-state index contributed by atoms with van der Waals surface area (Å²) in [4.78, 5) is 62.8. The number of aromatic nitrogens is 8. The summed E-state index contributed by atoms with van der Waals surface area (Å²) in [7, 11) is 8.35. The highest BCUT2D eigenvalue weighted by Crippen LogP contribution is 2.38. The maximum atomic E-state index is 13.2. The number of carbonyl (C=O) groups is 3. The number of ether oxygens (including phenoxy) is 6.